The number of hydrogen-bond acceptors (Lipinski definition) is 4. The molecule has 2 heterocycles. The van der Waals surface area contributed by atoms with Crippen molar-refractivity contribution < 1.29 is 32.2 Å². The second-order valence-electron chi connectivity index (χ2n) is 5.79. The highest BCUT2D eigenvalue weighted by atomic mass is 19.4. The molecule has 8 heteroatoms. The first-order valence-electron chi connectivity index (χ1n) is 7.77. The molecule has 1 aromatic carbocycles. The molecular weight excluding hydrogens is 327 g/mol. The van der Waals surface area contributed by atoms with Crippen LogP contribution in [0.3, 0.4) is 0 Å². The fourth-order valence-corrected chi connectivity index (χ4v) is 2.90. The fraction of sp³-hybridized carbons (Fsp3) is 0.562. The minimum absolute atomic E-state index is 0.104. The van der Waals surface area contributed by atoms with Gasteiger partial charge in [0, 0.05) is 19.3 Å². The minimum Gasteiger partial charge on any atom is -0.485 e. The van der Waals surface area contributed by atoms with E-state index in [1.54, 1.807) is 24.3 Å². The minimum atomic E-state index is -4.47. The van der Waals surface area contributed by atoms with Gasteiger partial charge in [0.25, 0.3) is 5.91 Å². The molecule has 2 aliphatic rings. The van der Waals surface area contributed by atoms with Crippen LogP contribution in [0, 0.1) is 0 Å². The maximum absolute atomic E-state index is 12.9. The Morgan fingerprint density at radius 2 is 1.83 bits per heavy atom. The number of fused-ring (bicyclic) bond motifs is 1. The Morgan fingerprint density at radius 3 is 2.50 bits per heavy atom. The normalized spacial score (nSPS) is 21.4. The Balaban J connectivity index is 1.75. The molecule has 1 amide bonds. The van der Waals surface area contributed by atoms with Gasteiger partial charge < -0.3 is 19.1 Å². The predicted octanol–water partition coefficient (Wildman–Crippen LogP) is 2.40. The fourth-order valence-electron chi connectivity index (χ4n) is 2.90. The molecule has 0 unspecified atom stereocenters. The third-order valence-electron chi connectivity index (χ3n) is 4.05. The van der Waals surface area contributed by atoms with Crippen LogP contribution in [0.2, 0.25) is 0 Å². The van der Waals surface area contributed by atoms with E-state index in [4.69, 9.17) is 14.2 Å². The maximum Gasteiger partial charge on any atom is 0.406 e. The largest absolute Gasteiger partial charge is 0.485 e. The first kappa shape index (κ1) is 16.9. The van der Waals surface area contributed by atoms with Crippen molar-refractivity contribution in [3.8, 4) is 11.5 Å². The summed E-state index contributed by atoms with van der Waals surface area (Å²) < 4.78 is 55.0. The summed E-state index contributed by atoms with van der Waals surface area (Å²) in [6.45, 7) is -0.709. The number of carbonyl (C=O) groups is 1. The molecule has 3 rings (SSSR count). The lowest BCUT2D eigenvalue weighted by atomic mass is 10.1. The summed E-state index contributed by atoms with van der Waals surface area (Å²) in [6.07, 6.45) is -4.79. The monoisotopic (exact) mass is 345 g/mol. The Kier molecular flexibility index (Phi) is 4.84. The van der Waals surface area contributed by atoms with Crippen molar-refractivity contribution >= 4 is 5.91 Å². The molecule has 0 aromatic heterocycles. The summed E-state index contributed by atoms with van der Waals surface area (Å²) in [5.41, 5.74) is 0. The molecular formula is C16H18F3NO4. The van der Waals surface area contributed by atoms with Gasteiger partial charge in [-0.25, -0.2) is 0 Å². The molecule has 0 spiro atoms. The Bertz CT molecular complexity index is 587. The average Bonchev–Trinajstić information content (AvgIpc) is 2.58. The van der Waals surface area contributed by atoms with Gasteiger partial charge >= 0.3 is 6.18 Å². The quantitative estimate of drug-likeness (QED) is 0.844. The van der Waals surface area contributed by atoms with Crippen molar-refractivity contribution in [3.63, 3.8) is 0 Å². The summed E-state index contributed by atoms with van der Waals surface area (Å²) in [5.74, 6) is 0.143. The molecule has 1 saturated heterocycles. The van der Waals surface area contributed by atoms with Gasteiger partial charge in [0.2, 0.25) is 6.10 Å². The third-order valence-corrected chi connectivity index (χ3v) is 4.05. The van der Waals surface area contributed by atoms with Crippen LogP contribution in [0.15, 0.2) is 24.3 Å². The molecule has 0 N–H and O–H groups in total. The Labute approximate surface area is 137 Å². The van der Waals surface area contributed by atoms with Crippen molar-refractivity contribution in [1.29, 1.82) is 0 Å². The van der Waals surface area contributed by atoms with Crippen molar-refractivity contribution in [1.82, 2.24) is 4.90 Å². The summed E-state index contributed by atoms with van der Waals surface area (Å²) in [5, 5.41) is 0. The molecule has 0 radical (unpaired) electrons. The van der Waals surface area contributed by atoms with Crippen LogP contribution in [0.25, 0.3) is 0 Å². The number of halogens is 3. The van der Waals surface area contributed by atoms with Gasteiger partial charge in [-0.05, 0) is 25.0 Å². The van der Waals surface area contributed by atoms with Gasteiger partial charge in [-0.15, -0.1) is 0 Å². The number of carbonyl (C=O) groups excluding carboxylic acids is 1. The van der Waals surface area contributed by atoms with Crippen LogP contribution in [0.5, 0.6) is 11.5 Å². The van der Waals surface area contributed by atoms with Gasteiger partial charge in [-0.2, -0.15) is 13.2 Å². The summed E-state index contributed by atoms with van der Waals surface area (Å²) in [7, 11) is 0. The zero-order valence-electron chi connectivity index (χ0n) is 12.9. The lowest BCUT2D eigenvalue weighted by Gasteiger charge is -2.37. The van der Waals surface area contributed by atoms with Crippen LogP contribution in [-0.2, 0) is 9.53 Å². The molecule has 1 fully saturated rings. The van der Waals surface area contributed by atoms with Crippen LogP contribution in [-0.4, -0.2) is 55.5 Å². The summed E-state index contributed by atoms with van der Waals surface area (Å²) in [6, 6.07) is 6.26. The highest BCUT2D eigenvalue weighted by Gasteiger charge is 2.41. The molecule has 0 aliphatic carbocycles. The SMILES string of the molecule is O=C([C@@H]1COc2ccccc2O1)N(CC(F)(F)F)C1CCOCC1. The van der Waals surface area contributed by atoms with E-state index < -0.39 is 30.8 Å². The van der Waals surface area contributed by atoms with E-state index in [9.17, 15) is 18.0 Å². The number of rotatable bonds is 3. The number of ether oxygens (including phenoxy) is 3. The average molecular weight is 345 g/mol. The van der Waals surface area contributed by atoms with Gasteiger partial charge in [-0.1, -0.05) is 12.1 Å². The van der Waals surface area contributed by atoms with E-state index in [1.165, 1.54) is 0 Å². The van der Waals surface area contributed by atoms with Crippen molar-refractivity contribution in [2.75, 3.05) is 26.4 Å². The number of hydrogen-bond donors (Lipinski definition) is 0. The van der Waals surface area contributed by atoms with Gasteiger partial charge in [0.15, 0.2) is 11.5 Å². The standard InChI is InChI=1S/C16H18F3NO4/c17-16(18,19)10-20(11-5-7-22-8-6-11)15(21)14-9-23-12-3-1-2-4-13(12)24-14/h1-4,11,14H,5-10H2/t14-/m0/s1. The Morgan fingerprint density at radius 1 is 1.17 bits per heavy atom. The zero-order chi connectivity index (χ0) is 17.2. The van der Waals surface area contributed by atoms with Crippen molar-refractivity contribution in [3.05, 3.63) is 24.3 Å². The summed E-state index contributed by atoms with van der Waals surface area (Å²) in [4.78, 5) is 13.5. The molecule has 1 atom stereocenters. The van der Waals surface area contributed by atoms with E-state index in [1.807, 2.05) is 0 Å². The number of alkyl halides is 3. The van der Waals surface area contributed by atoms with Gasteiger partial charge in [0.1, 0.15) is 13.2 Å². The van der Waals surface area contributed by atoms with Crippen LogP contribution in [0.1, 0.15) is 12.8 Å². The highest BCUT2D eigenvalue weighted by Crippen LogP contribution is 2.32. The van der Waals surface area contributed by atoms with Crippen LogP contribution in [0.4, 0.5) is 13.2 Å². The molecule has 0 saturated carbocycles. The predicted molar refractivity (Wildman–Crippen MR) is 78.0 cm³/mol. The van der Waals surface area contributed by atoms with E-state index in [-0.39, 0.29) is 6.61 Å². The van der Waals surface area contributed by atoms with Crippen LogP contribution < -0.4 is 9.47 Å². The van der Waals surface area contributed by atoms with Crippen molar-refractivity contribution in [2.24, 2.45) is 0 Å². The van der Waals surface area contributed by atoms with Crippen molar-refractivity contribution in [2.45, 2.75) is 31.2 Å². The molecule has 5 nitrogen and oxygen atoms in total. The summed E-state index contributed by atoms with van der Waals surface area (Å²) >= 11 is 0. The highest BCUT2D eigenvalue weighted by molar-refractivity contribution is 5.82. The second kappa shape index (κ2) is 6.88. The second-order valence-corrected chi connectivity index (χ2v) is 5.79. The third kappa shape index (κ3) is 3.92. The Hall–Kier alpha value is -1.96. The first-order chi connectivity index (χ1) is 11.4. The zero-order valence-corrected chi connectivity index (χ0v) is 12.9. The molecule has 132 valence electrons. The van der Waals surface area contributed by atoms with Crippen LogP contribution >= 0.6 is 0 Å². The smallest absolute Gasteiger partial charge is 0.406 e. The van der Waals surface area contributed by atoms with E-state index in [0.29, 0.717) is 37.6 Å². The molecule has 24 heavy (non-hydrogen) atoms. The lowest BCUT2D eigenvalue weighted by Crippen LogP contribution is -2.54. The number of para-hydroxylation sites is 2. The van der Waals surface area contributed by atoms with Gasteiger partial charge in [-0.3, -0.25) is 4.79 Å². The molecule has 0 bridgehead atoms. The lowest BCUT2D eigenvalue weighted by molar-refractivity contribution is -0.174. The van der Waals surface area contributed by atoms with E-state index >= 15 is 0 Å². The number of benzene rings is 1. The topological polar surface area (TPSA) is 48.0 Å². The van der Waals surface area contributed by atoms with Gasteiger partial charge in [0.05, 0.1) is 0 Å². The van der Waals surface area contributed by atoms with E-state index in [0.717, 1.165) is 4.90 Å². The number of nitrogens with zero attached hydrogens (tertiary/aromatic N) is 1. The van der Waals surface area contributed by atoms with E-state index in [2.05, 4.69) is 0 Å². The molecule has 2 aliphatic heterocycles. The molecule has 1 aromatic rings. The maximum atomic E-state index is 12.9. The number of amides is 1. The first-order valence-corrected chi connectivity index (χ1v) is 7.77.